The predicted molar refractivity (Wildman–Crippen MR) is 109 cm³/mol. The Hall–Kier alpha value is -2.63. The van der Waals surface area contributed by atoms with Crippen molar-refractivity contribution in [2.24, 2.45) is 0 Å². The Kier molecular flexibility index (Phi) is 5.94. The van der Waals surface area contributed by atoms with Crippen LogP contribution >= 0.6 is 0 Å². The summed E-state index contributed by atoms with van der Waals surface area (Å²) in [5.74, 6) is 1.61. The van der Waals surface area contributed by atoms with E-state index in [-0.39, 0.29) is 11.9 Å². The van der Waals surface area contributed by atoms with E-state index in [4.69, 9.17) is 0 Å². The second kappa shape index (κ2) is 8.37. The van der Waals surface area contributed by atoms with Crippen LogP contribution in [-0.2, 0) is 0 Å². The Balaban J connectivity index is 1.52. The molecular formula is C21H29N5O. The predicted octanol–water partition coefficient (Wildman–Crippen LogP) is 3.31. The van der Waals surface area contributed by atoms with Crippen molar-refractivity contribution >= 4 is 17.7 Å². The van der Waals surface area contributed by atoms with Gasteiger partial charge >= 0.3 is 0 Å². The zero-order valence-corrected chi connectivity index (χ0v) is 16.6. The summed E-state index contributed by atoms with van der Waals surface area (Å²) in [4.78, 5) is 23.3. The van der Waals surface area contributed by atoms with Crippen LogP contribution in [0.2, 0.25) is 0 Å². The van der Waals surface area contributed by atoms with E-state index in [1.54, 1.807) is 0 Å². The normalized spacial score (nSPS) is 19.4. The molecule has 0 radical (unpaired) electrons. The zero-order valence-electron chi connectivity index (χ0n) is 16.6. The van der Waals surface area contributed by atoms with Crippen LogP contribution in [0, 0.1) is 13.8 Å². The van der Waals surface area contributed by atoms with Gasteiger partial charge in [0, 0.05) is 43.5 Å². The lowest BCUT2D eigenvalue weighted by Crippen LogP contribution is -2.40. The fourth-order valence-electron chi connectivity index (χ4n) is 3.39. The highest BCUT2D eigenvalue weighted by molar-refractivity contribution is 5.94. The number of hydrogen-bond acceptors (Lipinski definition) is 5. The molecule has 0 aliphatic heterocycles. The summed E-state index contributed by atoms with van der Waals surface area (Å²) < 4.78 is 0. The molecule has 6 nitrogen and oxygen atoms in total. The molecule has 2 aromatic rings. The van der Waals surface area contributed by atoms with Crippen LogP contribution < -0.4 is 15.5 Å². The van der Waals surface area contributed by atoms with Crippen molar-refractivity contribution in [1.82, 2.24) is 15.3 Å². The van der Waals surface area contributed by atoms with Crippen LogP contribution in [0.1, 0.15) is 47.3 Å². The number of nitrogens with one attached hydrogen (secondary N) is 2. The molecule has 1 aromatic heterocycles. The van der Waals surface area contributed by atoms with Crippen LogP contribution in [0.15, 0.2) is 30.3 Å². The van der Waals surface area contributed by atoms with Crippen LogP contribution in [0.25, 0.3) is 0 Å². The molecule has 2 N–H and O–H groups in total. The molecular weight excluding hydrogens is 338 g/mol. The molecule has 1 aliphatic rings. The fourth-order valence-corrected chi connectivity index (χ4v) is 3.39. The fraction of sp³-hybridized carbons (Fsp3) is 0.476. The SMILES string of the molecule is Cc1ccc(C(=O)NC2CCC(Nc3cc(C)nc(N(C)C)n3)CC2)cc1. The van der Waals surface area contributed by atoms with E-state index in [0.717, 1.165) is 54.3 Å². The van der Waals surface area contributed by atoms with Crippen LogP contribution in [-0.4, -0.2) is 42.1 Å². The van der Waals surface area contributed by atoms with Crippen molar-refractivity contribution < 1.29 is 4.79 Å². The molecule has 1 aromatic carbocycles. The largest absolute Gasteiger partial charge is 0.367 e. The summed E-state index contributed by atoms with van der Waals surface area (Å²) in [6, 6.07) is 10.3. The van der Waals surface area contributed by atoms with Gasteiger partial charge in [-0.05, 0) is 51.7 Å². The number of nitrogens with zero attached hydrogens (tertiary/aromatic N) is 3. The van der Waals surface area contributed by atoms with Gasteiger partial charge in [0.2, 0.25) is 5.95 Å². The highest BCUT2D eigenvalue weighted by Gasteiger charge is 2.23. The van der Waals surface area contributed by atoms with Gasteiger partial charge in [-0.15, -0.1) is 0 Å². The number of anilines is 2. The Morgan fingerprint density at radius 3 is 2.26 bits per heavy atom. The lowest BCUT2D eigenvalue weighted by molar-refractivity contribution is 0.0926. The van der Waals surface area contributed by atoms with Gasteiger partial charge in [-0.3, -0.25) is 4.79 Å². The Morgan fingerprint density at radius 1 is 1.00 bits per heavy atom. The second-order valence-electron chi connectivity index (χ2n) is 7.62. The van der Waals surface area contributed by atoms with Crippen molar-refractivity contribution in [3.8, 4) is 0 Å². The van der Waals surface area contributed by atoms with Gasteiger partial charge in [0.15, 0.2) is 0 Å². The maximum Gasteiger partial charge on any atom is 0.251 e. The number of amides is 1. The standard InChI is InChI=1S/C21H29N5O/c1-14-5-7-16(8-6-14)20(27)24-18-11-9-17(10-12-18)23-19-13-15(2)22-21(25-19)26(3)4/h5-8,13,17-18H,9-12H2,1-4H3,(H,24,27)(H,22,23,25). The van der Waals surface area contributed by atoms with E-state index in [2.05, 4.69) is 20.6 Å². The van der Waals surface area contributed by atoms with Gasteiger partial charge < -0.3 is 15.5 Å². The molecule has 1 amide bonds. The minimum atomic E-state index is 0.0217. The third-order valence-electron chi connectivity index (χ3n) is 4.97. The van der Waals surface area contributed by atoms with E-state index < -0.39 is 0 Å². The molecule has 3 rings (SSSR count). The van der Waals surface area contributed by atoms with Gasteiger partial charge in [0.05, 0.1) is 0 Å². The third-order valence-corrected chi connectivity index (χ3v) is 4.97. The van der Waals surface area contributed by atoms with Gasteiger partial charge in [0.25, 0.3) is 5.91 Å². The van der Waals surface area contributed by atoms with Crippen LogP contribution in [0.4, 0.5) is 11.8 Å². The van der Waals surface area contributed by atoms with Gasteiger partial charge in [-0.1, -0.05) is 17.7 Å². The topological polar surface area (TPSA) is 70.2 Å². The lowest BCUT2D eigenvalue weighted by Gasteiger charge is -2.30. The van der Waals surface area contributed by atoms with E-state index >= 15 is 0 Å². The highest BCUT2D eigenvalue weighted by Crippen LogP contribution is 2.23. The summed E-state index contributed by atoms with van der Waals surface area (Å²) >= 11 is 0. The Labute approximate surface area is 161 Å². The number of carbonyl (C=O) groups excluding carboxylic acids is 1. The summed E-state index contributed by atoms with van der Waals surface area (Å²) in [5, 5.41) is 6.71. The molecule has 0 spiro atoms. The number of rotatable bonds is 5. The molecule has 1 saturated carbocycles. The zero-order chi connectivity index (χ0) is 19.4. The van der Waals surface area contributed by atoms with E-state index in [9.17, 15) is 4.79 Å². The molecule has 1 aliphatic carbocycles. The van der Waals surface area contributed by atoms with Crippen molar-refractivity contribution in [3.05, 3.63) is 47.2 Å². The number of hydrogen-bond donors (Lipinski definition) is 2. The third kappa shape index (κ3) is 5.18. The summed E-state index contributed by atoms with van der Waals surface area (Å²) in [7, 11) is 3.89. The smallest absolute Gasteiger partial charge is 0.251 e. The number of aryl methyl sites for hydroxylation is 2. The van der Waals surface area contributed by atoms with Gasteiger partial charge in [0.1, 0.15) is 5.82 Å². The first-order valence-corrected chi connectivity index (χ1v) is 9.58. The van der Waals surface area contributed by atoms with Crippen molar-refractivity contribution in [2.45, 2.75) is 51.6 Å². The first-order chi connectivity index (χ1) is 12.9. The van der Waals surface area contributed by atoms with Crippen molar-refractivity contribution in [2.75, 3.05) is 24.3 Å². The average Bonchev–Trinajstić information content (AvgIpc) is 2.63. The van der Waals surface area contributed by atoms with E-state index in [1.165, 1.54) is 0 Å². The summed E-state index contributed by atoms with van der Waals surface area (Å²) in [6.07, 6.45) is 3.97. The molecule has 0 bridgehead atoms. The molecule has 27 heavy (non-hydrogen) atoms. The van der Waals surface area contributed by atoms with Crippen LogP contribution in [0.5, 0.6) is 0 Å². The van der Waals surface area contributed by atoms with Gasteiger partial charge in [-0.25, -0.2) is 4.98 Å². The minimum Gasteiger partial charge on any atom is -0.367 e. The molecule has 0 saturated heterocycles. The highest BCUT2D eigenvalue weighted by atomic mass is 16.1. The number of benzene rings is 1. The molecule has 144 valence electrons. The molecule has 0 atom stereocenters. The second-order valence-corrected chi connectivity index (χ2v) is 7.62. The van der Waals surface area contributed by atoms with Gasteiger partial charge in [-0.2, -0.15) is 4.98 Å². The summed E-state index contributed by atoms with van der Waals surface area (Å²) in [5.41, 5.74) is 2.85. The van der Waals surface area contributed by atoms with E-state index in [0.29, 0.717) is 6.04 Å². The summed E-state index contributed by atoms with van der Waals surface area (Å²) in [6.45, 7) is 4.01. The molecule has 1 heterocycles. The maximum absolute atomic E-state index is 12.4. The minimum absolute atomic E-state index is 0.0217. The quantitative estimate of drug-likeness (QED) is 0.848. The van der Waals surface area contributed by atoms with Crippen LogP contribution in [0.3, 0.4) is 0 Å². The monoisotopic (exact) mass is 367 g/mol. The lowest BCUT2D eigenvalue weighted by atomic mass is 9.91. The maximum atomic E-state index is 12.4. The molecule has 6 heteroatoms. The molecule has 0 unspecified atom stereocenters. The first kappa shape index (κ1) is 19.1. The molecule has 1 fully saturated rings. The number of aromatic nitrogens is 2. The first-order valence-electron chi connectivity index (χ1n) is 9.58. The van der Waals surface area contributed by atoms with Crippen molar-refractivity contribution in [1.29, 1.82) is 0 Å². The average molecular weight is 367 g/mol. The van der Waals surface area contributed by atoms with E-state index in [1.807, 2.05) is 63.2 Å². The number of carbonyl (C=O) groups is 1. The van der Waals surface area contributed by atoms with Crippen molar-refractivity contribution in [3.63, 3.8) is 0 Å². The Morgan fingerprint density at radius 2 is 1.63 bits per heavy atom. The Bertz CT molecular complexity index is 780.